The van der Waals surface area contributed by atoms with Crippen molar-refractivity contribution in [2.24, 2.45) is 52.3 Å². The van der Waals surface area contributed by atoms with Crippen molar-refractivity contribution >= 4 is 0 Å². The van der Waals surface area contributed by atoms with Crippen LogP contribution in [0.4, 0.5) is 0 Å². The third-order valence-corrected chi connectivity index (χ3v) is 11.0. The van der Waals surface area contributed by atoms with E-state index in [1.807, 2.05) is 0 Å². The van der Waals surface area contributed by atoms with E-state index in [0.29, 0.717) is 16.7 Å². The maximum atomic E-state index is 11.4. The molecule has 4 fully saturated rings. The molecular weight excluding hydrogens is 340 g/mol. The minimum atomic E-state index is -0.0209. The first kappa shape index (κ1) is 21.2. The molecular formula is C27H48O. The molecule has 4 saturated carbocycles. The molecule has 4 rings (SSSR count). The Morgan fingerprint density at radius 1 is 0.929 bits per heavy atom. The Balaban J connectivity index is 1.58. The van der Waals surface area contributed by atoms with E-state index in [1.165, 1.54) is 70.6 Å². The van der Waals surface area contributed by atoms with Crippen molar-refractivity contribution in [3.63, 3.8) is 0 Å². The molecule has 0 radical (unpaired) electrons. The topological polar surface area (TPSA) is 20.2 Å². The second-order valence-electron chi connectivity index (χ2n) is 12.2. The van der Waals surface area contributed by atoms with Crippen molar-refractivity contribution in [3.8, 4) is 0 Å². The smallest absolute Gasteiger partial charge is 0.0577 e. The highest BCUT2D eigenvalue weighted by Crippen LogP contribution is 2.68. The molecule has 10 atom stereocenters. The van der Waals surface area contributed by atoms with E-state index in [0.717, 1.165) is 41.9 Å². The molecule has 0 aromatic heterocycles. The van der Waals surface area contributed by atoms with Gasteiger partial charge in [-0.05, 0) is 97.2 Å². The second kappa shape index (κ2) is 7.90. The maximum Gasteiger partial charge on any atom is 0.0577 e. The van der Waals surface area contributed by atoms with E-state index >= 15 is 0 Å². The van der Waals surface area contributed by atoms with Crippen LogP contribution in [-0.2, 0) is 0 Å². The SMILES string of the molecule is CCCCC(CC)[C@H]1CC[C@H]2[C@@H]3C(CC[C@]12C)[C@@]1(C)CCC(C)C[C@@H]1C[C@@H]3O. The van der Waals surface area contributed by atoms with E-state index in [-0.39, 0.29) is 6.10 Å². The molecule has 162 valence electrons. The van der Waals surface area contributed by atoms with Crippen LogP contribution in [0.5, 0.6) is 0 Å². The first-order valence-electron chi connectivity index (χ1n) is 13.0. The zero-order valence-electron chi connectivity index (χ0n) is 19.6. The van der Waals surface area contributed by atoms with Crippen LogP contribution in [0.1, 0.15) is 112 Å². The summed E-state index contributed by atoms with van der Waals surface area (Å²) in [6.45, 7) is 12.5. The molecule has 0 aromatic rings. The van der Waals surface area contributed by atoms with E-state index in [4.69, 9.17) is 0 Å². The van der Waals surface area contributed by atoms with Gasteiger partial charge in [0.15, 0.2) is 0 Å². The molecule has 1 N–H and O–H groups in total. The minimum Gasteiger partial charge on any atom is -0.393 e. The van der Waals surface area contributed by atoms with Crippen LogP contribution < -0.4 is 0 Å². The van der Waals surface area contributed by atoms with Gasteiger partial charge in [-0.15, -0.1) is 0 Å². The molecule has 0 bridgehead atoms. The Morgan fingerprint density at radius 2 is 1.64 bits per heavy atom. The van der Waals surface area contributed by atoms with Crippen LogP contribution in [0.25, 0.3) is 0 Å². The summed E-state index contributed by atoms with van der Waals surface area (Å²) >= 11 is 0. The van der Waals surface area contributed by atoms with Crippen molar-refractivity contribution in [1.29, 1.82) is 0 Å². The van der Waals surface area contributed by atoms with Crippen LogP contribution in [0.3, 0.4) is 0 Å². The molecule has 0 saturated heterocycles. The number of aliphatic hydroxyl groups excluding tert-OH is 1. The number of fused-ring (bicyclic) bond motifs is 5. The molecule has 3 unspecified atom stereocenters. The number of hydrogen-bond donors (Lipinski definition) is 1. The largest absolute Gasteiger partial charge is 0.393 e. The monoisotopic (exact) mass is 388 g/mol. The van der Waals surface area contributed by atoms with E-state index in [9.17, 15) is 5.11 Å². The normalized spacial score (nSPS) is 51.9. The molecule has 1 nitrogen and oxygen atoms in total. The standard InChI is InChI=1S/C27H48O/c1-6-8-9-19(7-2)21-10-11-22-25-23(13-15-27(21,22)5)26(4)14-12-18(3)16-20(26)17-24(25)28/h18-25,28H,6-17H2,1-5H3/t18?,19?,20-,21-,22+,23?,24+,25-,26+,27-/m1/s1. The highest BCUT2D eigenvalue weighted by Gasteiger charge is 2.62. The van der Waals surface area contributed by atoms with Gasteiger partial charge in [0.25, 0.3) is 0 Å². The zero-order chi connectivity index (χ0) is 20.1. The van der Waals surface area contributed by atoms with Crippen molar-refractivity contribution < 1.29 is 5.11 Å². The van der Waals surface area contributed by atoms with Crippen molar-refractivity contribution in [2.45, 2.75) is 118 Å². The zero-order valence-corrected chi connectivity index (χ0v) is 19.6. The van der Waals surface area contributed by atoms with Gasteiger partial charge in [-0.25, -0.2) is 0 Å². The Bertz CT molecular complexity index is 542. The van der Waals surface area contributed by atoms with Crippen LogP contribution in [0.2, 0.25) is 0 Å². The van der Waals surface area contributed by atoms with Crippen molar-refractivity contribution in [1.82, 2.24) is 0 Å². The third kappa shape index (κ3) is 3.21. The summed E-state index contributed by atoms with van der Waals surface area (Å²) in [5.74, 6) is 5.67. The summed E-state index contributed by atoms with van der Waals surface area (Å²) in [5, 5.41) is 11.4. The lowest BCUT2D eigenvalue weighted by molar-refractivity contribution is -0.169. The highest BCUT2D eigenvalue weighted by molar-refractivity contribution is 5.11. The average Bonchev–Trinajstić information content (AvgIpc) is 3.01. The molecule has 4 aliphatic rings. The summed E-state index contributed by atoms with van der Waals surface area (Å²) in [5.41, 5.74) is 1.02. The lowest BCUT2D eigenvalue weighted by atomic mass is 9.43. The average molecular weight is 389 g/mol. The van der Waals surface area contributed by atoms with Crippen LogP contribution in [0, 0.1) is 52.3 Å². The number of hydrogen-bond acceptors (Lipinski definition) is 1. The van der Waals surface area contributed by atoms with Gasteiger partial charge in [0.1, 0.15) is 0 Å². The first-order valence-corrected chi connectivity index (χ1v) is 13.0. The fourth-order valence-electron chi connectivity index (χ4n) is 9.41. The summed E-state index contributed by atoms with van der Waals surface area (Å²) in [6, 6.07) is 0. The number of rotatable bonds is 5. The van der Waals surface area contributed by atoms with Gasteiger partial charge < -0.3 is 5.11 Å². The predicted octanol–water partition coefficient (Wildman–Crippen LogP) is 7.47. The molecule has 28 heavy (non-hydrogen) atoms. The quantitative estimate of drug-likeness (QED) is 0.518. The molecule has 1 heteroatoms. The van der Waals surface area contributed by atoms with Crippen LogP contribution in [-0.4, -0.2) is 11.2 Å². The lowest BCUT2D eigenvalue weighted by Crippen LogP contribution is -2.58. The van der Waals surface area contributed by atoms with E-state index in [2.05, 4.69) is 34.6 Å². The Hall–Kier alpha value is -0.0400. The fraction of sp³-hybridized carbons (Fsp3) is 1.00. The molecule has 0 amide bonds. The van der Waals surface area contributed by atoms with E-state index < -0.39 is 0 Å². The maximum absolute atomic E-state index is 11.4. The summed E-state index contributed by atoms with van der Waals surface area (Å²) in [7, 11) is 0. The van der Waals surface area contributed by atoms with Crippen molar-refractivity contribution in [3.05, 3.63) is 0 Å². The highest BCUT2D eigenvalue weighted by atomic mass is 16.3. The third-order valence-electron chi connectivity index (χ3n) is 11.0. The number of unbranched alkanes of at least 4 members (excludes halogenated alkanes) is 1. The van der Waals surface area contributed by atoms with Gasteiger partial charge in [-0.3, -0.25) is 0 Å². The molecule has 4 aliphatic carbocycles. The fourth-order valence-corrected chi connectivity index (χ4v) is 9.41. The Kier molecular flexibility index (Phi) is 5.98. The van der Waals surface area contributed by atoms with E-state index in [1.54, 1.807) is 0 Å². The van der Waals surface area contributed by atoms with Gasteiger partial charge >= 0.3 is 0 Å². The molecule has 0 spiro atoms. The Morgan fingerprint density at radius 3 is 2.36 bits per heavy atom. The van der Waals surface area contributed by atoms with Gasteiger partial charge in [0.2, 0.25) is 0 Å². The van der Waals surface area contributed by atoms with Gasteiger partial charge in [0.05, 0.1) is 6.10 Å². The van der Waals surface area contributed by atoms with Gasteiger partial charge in [-0.1, -0.05) is 66.7 Å². The molecule has 0 aliphatic heterocycles. The Labute approximate surface area is 175 Å². The number of aliphatic hydroxyl groups is 1. The minimum absolute atomic E-state index is 0.0209. The van der Waals surface area contributed by atoms with Gasteiger partial charge in [-0.2, -0.15) is 0 Å². The lowest BCUT2D eigenvalue weighted by Gasteiger charge is -2.62. The summed E-state index contributed by atoms with van der Waals surface area (Å²) < 4.78 is 0. The summed E-state index contributed by atoms with van der Waals surface area (Å²) in [4.78, 5) is 0. The molecule has 0 aromatic carbocycles. The van der Waals surface area contributed by atoms with Crippen molar-refractivity contribution in [2.75, 3.05) is 0 Å². The second-order valence-corrected chi connectivity index (χ2v) is 12.2. The molecule has 0 heterocycles. The summed E-state index contributed by atoms with van der Waals surface area (Å²) in [6.07, 6.45) is 16.5. The predicted molar refractivity (Wildman–Crippen MR) is 119 cm³/mol. The first-order chi connectivity index (χ1) is 13.3. The van der Waals surface area contributed by atoms with Crippen LogP contribution in [0.15, 0.2) is 0 Å². The van der Waals surface area contributed by atoms with Crippen LogP contribution >= 0.6 is 0 Å². The van der Waals surface area contributed by atoms with Gasteiger partial charge in [0, 0.05) is 0 Å².